The molecule has 1 unspecified atom stereocenters. The Kier molecular flexibility index (Phi) is 46.9. The molecule has 0 aromatic heterocycles. The summed E-state index contributed by atoms with van der Waals surface area (Å²) in [5.41, 5.74) is 0. The molecule has 0 fully saturated rings. The molecule has 0 heterocycles. The lowest BCUT2D eigenvalue weighted by molar-refractivity contribution is -0.166. The Hall–Kier alpha value is -3.15. The fourth-order valence-corrected chi connectivity index (χ4v) is 6.92. The zero-order chi connectivity index (χ0) is 44.4. The molecule has 0 N–H and O–H groups in total. The van der Waals surface area contributed by atoms with Gasteiger partial charge in [-0.1, -0.05) is 222 Å². The normalized spacial score (nSPS) is 12.6. The molecule has 0 aliphatic heterocycles. The smallest absolute Gasteiger partial charge is 0.310 e. The summed E-state index contributed by atoms with van der Waals surface area (Å²) < 4.78 is 16.7. The van der Waals surface area contributed by atoms with Crippen LogP contribution in [0.25, 0.3) is 0 Å². The zero-order valence-corrected chi connectivity index (χ0v) is 39.9. The number of hydrogen-bond acceptors (Lipinski definition) is 6. The minimum Gasteiger partial charge on any atom is -0.462 e. The van der Waals surface area contributed by atoms with Crippen LogP contribution in [0.2, 0.25) is 0 Å². The van der Waals surface area contributed by atoms with Gasteiger partial charge in [0.1, 0.15) is 13.2 Å². The van der Waals surface area contributed by atoms with Gasteiger partial charge in [-0.05, 0) is 70.6 Å². The van der Waals surface area contributed by atoms with Crippen LogP contribution in [0.15, 0.2) is 72.9 Å². The molecule has 0 amide bonds. The van der Waals surface area contributed by atoms with Crippen LogP contribution in [0.4, 0.5) is 0 Å². The van der Waals surface area contributed by atoms with Gasteiger partial charge in [0.15, 0.2) is 6.10 Å². The van der Waals surface area contributed by atoms with Crippen molar-refractivity contribution in [1.29, 1.82) is 0 Å². The third kappa shape index (κ3) is 47.7. The summed E-state index contributed by atoms with van der Waals surface area (Å²) in [6, 6.07) is 0. The Morgan fingerprint density at radius 3 is 1.07 bits per heavy atom. The highest BCUT2D eigenvalue weighted by Crippen LogP contribution is 2.14. The Balaban J connectivity index is 4.50. The van der Waals surface area contributed by atoms with Gasteiger partial charge in [0.05, 0.1) is 6.42 Å². The molecule has 0 saturated heterocycles. The van der Waals surface area contributed by atoms with E-state index in [2.05, 4.69) is 81.5 Å². The first-order valence-corrected chi connectivity index (χ1v) is 25.4. The third-order valence-electron chi connectivity index (χ3n) is 10.7. The molecule has 61 heavy (non-hydrogen) atoms. The molecular weight excluding hydrogens is 757 g/mol. The van der Waals surface area contributed by atoms with Crippen LogP contribution >= 0.6 is 0 Å². The highest BCUT2D eigenvalue weighted by Gasteiger charge is 2.19. The van der Waals surface area contributed by atoms with Crippen molar-refractivity contribution in [3.8, 4) is 0 Å². The van der Waals surface area contributed by atoms with Gasteiger partial charge < -0.3 is 14.2 Å². The molecule has 6 heteroatoms. The number of unbranched alkanes of at least 4 members (excludes halogenated alkanes) is 23. The average molecular weight is 851 g/mol. The molecule has 0 aromatic rings. The van der Waals surface area contributed by atoms with Gasteiger partial charge in [0.25, 0.3) is 0 Å². The Morgan fingerprint density at radius 1 is 0.361 bits per heavy atom. The van der Waals surface area contributed by atoms with Crippen LogP contribution in [-0.2, 0) is 28.6 Å². The van der Waals surface area contributed by atoms with Gasteiger partial charge in [0, 0.05) is 12.8 Å². The van der Waals surface area contributed by atoms with E-state index in [0.29, 0.717) is 12.8 Å². The van der Waals surface area contributed by atoms with Crippen molar-refractivity contribution in [3.05, 3.63) is 72.9 Å². The molecule has 6 nitrogen and oxygen atoms in total. The number of esters is 3. The van der Waals surface area contributed by atoms with Gasteiger partial charge in [-0.25, -0.2) is 0 Å². The fourth-order valence-electron chi connectivity index (χ4n) is 6.92. The van der Waals surface area contributed by atoms with Crippen molar-refractivity contribution in [1.82, 2.24) is 0 Å². The lowest BCUT2D eigenvalue weighted by Gasteiger charge is -2.18. The topological polar surface area (TPSA) is 78.9 Å². The van der Waals surface area contributed by atoms with Crippen LogP contribution < -0.4 is 0 Å². The quantitative estimate of drug-likeness (QED) is 0.0263. The molecule has 0 aromatic carbocycles. The van der Waals surface area contributed by atoms with E-state index < -0.39 is 12.1 Å². The van der Waals surface area contributed by atoms with Crippen LogP contribution in [0.3, 0.4) is 0 Å². The molecule has 0 rings (SSSR count). The molecule has 0 aliphatic rings. The molecular formula is C55H94O6. The first-order valence-electron chi connectivity index (χ1n) is 25.4. The lowest BCUT2D eigenvalue weighted by Crippen LogP contribution is -2.30. The highest BCUT2D eigenvalue weighted by molar-refractivity contribution is 5.72. The second-order valence-corrected chi connectivity index (χ2v) is 16.7. The van der Waals surface area contributed by atoms with Crippen LogP contribution in [-0.4, -0.2) is 37.2 Å². The molecule has 0 aliphatic carbocycles. The monoisotopic (exact) mass is 851 g/mol. The largest absolute Gasteiger partial charge is 0.462 e. The summed E-state index contributed by atoms with van der Waals surface area (Å²) >= 11 is 0. The van der Waals surface area contributed by atoms with E-state index in [1.807, 2.05) is 6.08 Å². The van der Waals surface area contributed by atoms with Gasteiger partial charge in [-0.2, -0.15) is 0 Å². The minimum absolute atomic E-state index is 0.0970. The summed E-state index contributed by atoms with van der Waals surface area (Å²) in [4.78, 5) is 37.9. The van der Waals surface area contributed by atoms with E-state index in [1.54, 1.807) is 6.08 Å². The van der Waals surface area contributed by atoms with Crippen molar-refractivity contribution < 1.29 is 28.6 Å². The van der Waals surface area contributed by atoms with Crippen LogP contribution in [0, 0.1) is 0 Å². The molecule has 0 bridgehead atoms. The second kappa shape index (κ2) is 49.5. The zero-order valence-electron chi connectivity index (χ0n) is 39.9. The first kappa shape index (κ1) is 57.9. The van der Waals surface area contributed by atoms with E-state index in [4.69, 9.17) is 14.2 Å². The number of carbonyl (C=O) groups is 3. The van der Waals surface area contributed by atoms with E-state index in [0.717, 1.165) is 83.5 Å². The summed E-state index contributed by atoms with van der Waals surface area (Å²) in [6.07, 6.45) is 61.9. The third-order valence-corrected chi connectivity index (χ3v) is 10.7. The summed E-state index contributed by atoms with van der Waals surface area (Å²) in [6.45, 7) is 6.43. The van der Waals surface area contributed by atoms with Crippen molar-refractivity contribution in [2.45, 2.75) is 245 Å². The molecule has 0 radical (unpaired) electrons. The average Bonchev–Trinajstić information content (AvgIpc) is 3.26. The predicted molar refractivity (Wildman–Crippen MR) is 261 cm³/mol. The number of allylic oxidation sites excluding steroid dienone is 11. The molecule has 0 saturated carbocycles. The second-order valence-electron chi connectivity index (χ2n) is 16.7. The maximum Gasteiger partial charge on any atom is 0.310 e. The Morgan fingerprint density at radius 2 is 0.689 bits per heavy atom. The molecule has 1 atom stereocenters. The Labute approximate surface area is 376 Å². The van der Waals surface area contributed by atoms with Crippen molar-refractivity contribution in [2.24, 2.45) is 0 Å². The van der Waals surface area contributed by atoms with E-state index in [1.165, 1.54) is 116 Å². The number of ether oxygens (including phenoxy) is 3. The van der Waals surface area contributed by atoms with Crippen molar-refractivity contribution in [3.63, 3.8) is 0 Å². The lowest BCUT2D eigenvalue weighted by atomic mass is 10.0. The van der Waals surface area contributed by atoms with E-state index in [-0.39, 0.29) is 31.6 Å². The first-order chi connectivity index (χ1) is 30.0. The minimum atomic E-state index is -0.830. The van der Waals surface area contributed by atoms with Crippen molar-refractivity contribution >= 4 is 17.9 Å². The predicted octanol–water partition coefficient (Wildman–Crippen LogP) is 16.6. The standard InChI is InChI=1S/C55H94O6/c1-4-7-10-13-16-19-22-25-27-29-30-33-36-39-42-45-48-54(57)60-51-52(50-59-53(56)47-44-41-38-35-32-24-21-18-15-12-9-6-3)61-55(58)49-46-43-40-37-34-31-28-26-23-20-17-14-11-8-5-2/h8,11,17,20,26-29,34,37,43,46,52H,4-7,9-10,12-16,18-19,21-25,30-33,35-36,38-42,44-45,47-51H2,1-3H3/b11-8-,20-17-,28-26-,29-27-,37-34-,46-43-. The number of carbonyl (C=O) groups excluding carboxylic acids is 3. The maximum absolute atomic E-state index is 12.7. The summed E-state index contributed by atoms with van der Waals surface area (Å²) in [5, 5.41) is 0. The Bertz CT molecular complexity index is 1160. The summed E-state index contributed by atoms with van der Waals surface area (Å²) in [7, 11) is 0. The fraction of sp³-hybridized carbons (Fsp3) is 0.727. The number of rotatable bonds is 45. The van der Waals surface area contributed by atoms with Gasteiger partial charge >= 0.3 is 17.9 Å². The van der Waals surface area contributed by atoms with Gasteiger partial charge in [-0.3, -0.25) is 14.4 Å². The van der Waals surface area contributed by atoms with Crippen LogP contribution in [0.5, 0.6) is 0 Å². The highest BCUT2D eigenvalue weighted by atomic mass is 16.6. The van der Waals surface area contributed by atoms with Crippen LogP contribution in [0.1, 0.15) is 239 Å². The van der Waals surface area contributed by atoms with Gasteiger partial charge in [0.2, 0.25) is 0 Å². The van der Waals surface area contributed by atoms with E-state index in [9.17, 15) is 14.4 Å². The summed E-state index contributed by atoms with van der Waals surface area (Å²) in [5.74, 6) is -1.05. The van der Waals surface area contributed by atoms with Crippen molar-refractivity contribution in [2.75, 3.05) is 13.2 Å². The van der Waals surface area contributed by atoms with Gasteiger partial charge in [-0.15, -0.1) is 0 Å². The molecule has 0 spiro atoms. The number of hydrogen-bond donors (Lipinski definition) is 0. The van der Waals surface area contributed by atoms with E-state index >= 15 is 0 Å². The SMILES string of the molecule is CC/C=C\C/C=C\C/C=C\C/C=C\C/C=C\CC(=O)OC(COC(=O)CCCCCCC/C=C\CCCCCCCCC)COC(=O)CCCCCCCCCCCCCC. The maximum atomic E-state index is 12.7. The molecule has 350 valence electrons.